The van der Waals surface area contributed by atoms with Gasteiger partial charge in [0.25, 0.3) is 7.44 Å². The molecule has 0 N–H and O–H groups in total. The number of hydrogen-bond donors (Lipinski definition) is 0. The van der Waals surface area contributed by atoms with Gasteiger partial charge in [-0.25, -0.2) is 0 Å². The number of para-hydroxylation sites is 2. The minimum Gasteiger partial charge on any atom is -0.306 e. The van der Waals surface area contributed by atoms with Crippen LogP contribution in [0.1, 0.15) is 31.0 Å². The topological polar surface area (TPSA) is 40.6 Å². The van der Waals surface area contributed by atoms with E-state index in [9.17, 15) is 4.79 Å². The maximum Gasteiger partial charge on any atom is 0.270 e. The van der Waals surface area contributed by atoms with Gasteiger partial charge in [0.05, 0.1) is 5.66 Å². The molecular weight excluding hydrogens is 427 g/mol. The van der Waals surface area contributed by atoms with Gasteiger partial charge in [-0.05, 0) is 55.3 Å². The van der Waals surface area contributed by atoms with Crippen molar-refractivity contribution >= 4 is 36.2 Å². The summed E-state index contributed by atoms with van der Waals surface area (Å²) in [5.74, 6) is 0.0155. The van der Waals surface area contributed by atoms with E-state index in [1.54, 1.807) is 19.1 Å². The molecule has 0 radical (unpaired) electrons. The van der Waals surface area contributed by atoms with Gasteiger partial charge in [-0.3, -0.25) is 9.36 Å². The molecule has 0 spiro atoms. The van der Waals surface area contributed by atoms with Gasteiger partial charge < -0.3 is 9.34 Å². The second-order valence-corrected chi connectivity index (χ2v) is 11.0. The molecule has 0 saturated carbocycles. The number of anilines is 2. The second kappa shape index (κ2) is 9.30. The van der Waals surface area contributed by atoms with Crippen LogP contribution in [0.3, 0.4) is 0 Å². The summed E-state index contributed by atoms with van der Waals surface area (Å²) < 4.78 is 19.4. The van der Waals surface area contributed by atoms with Gasteiger partial charge in [0.1, 0.15) is 5.78 Å². The molecule has 6 heteroatoms. The van der Waals surface area contributed by atoms with E-state index in [0.29, 0.717) is 18.1 Å². The van der Waals surface area contributed by atoms with Crippen molar-refractivity contribution < 1.29 is 9.36 Å². The fourth-order valence-corrected chi connectivity index (χ4v) is 8.20. The third kappa shape index (κ3) is 4.42. The summed E-state index contributed by atoms with van der Waals surface area (Å²) in [5.41, 5.74) is 2.22. The van der Waals surface area contributed by atoms with E-state index < -0.39 is 13.1 Å². The van der Waals surface area contributed by atoms with E-state index >= 15 is 4.57 Å². The Balaban J connectivity index is 1.92. The Morgan fingerprint density at radius 3 is 1.81 bits per heavy atom. The maximum absolute atomic E-state index is 15.3. The van der Waals surface area contributed by atoms with Crippen molar-refractivity contribution in [2.75, 3.05) is 22.4 Å². The van der Waals surface area contributed by atoms with Gasteiger partial charge in [-0.2, -0.15) is 0 Å². The Kier molecular flexibility index (Phi) is 6.50. The first-order valence-electron chi connectivity index (χ1n) is 10.5. The molecule has 0 amide bonds. The fraction of sp³-hybridized carbons (Fsp3) is 0.240. The van der Waals surface area contributed by atoms with Gasteiger partial charge in [-0.15, -0.1) is 0 Å². The standard InChI is InChI=1S/C25H26ClN2O2P/c1-20(29)19-25(21-13-15-22(26)16-14-21)31(30)27(23-9-4-2-5-10-23)17-8-18-28(31)24-11-6-3-7-12-24/h2-7,9-16,25H,8,17-19H2,1H3. The molecule has 1 aliphatic rings. The Morgan fingerprint density at radius 2 is 1.35 bits per heavy atom. The summed E-state index contributed by atoms with van der Waals surface area (Å²) in [7, 11) is -3.28. The molecule has 1 saturated heterocycles. The van der Waals surface area contributed by atoms with Crippen molar-refractivity contribution in [3.8, 4) is 0 Å². The minimum atomic E-state index is -3.28. The van der Waals surface area contributed by atoms with Gasteiger partial charge >= 0.3 is 0 Å². The van der Waals surface area contributed by atoms with E-state index in [-0.39, 0.29) is 12.2 Å². The SMILES string of the molecule is CC(=O)CC(c1ccc(Cl)cc1)P1(=O)N(c2ccccc2)CCCN1c1ccccc1. The van der Waals surface area contributed by atoms with Crippen LogP contribution in [-0.4, -0.2) is 18.9 Å². The zero-order valence-electron chi connectivity index (χ0n) is 17.5. The van der Waals surface area contributed by atoms with Gasteiger partial charge in [-0.1, -0.05) is 60.1 Å². The third-order valence-electron chi connectivity index (χ3n) is 5.68. The van der Waals surface area contributed by atoms with Gasteiger partial charge in [0.15, 0.2) is 0 Å². The number of rotatable bonds is 6. The van der Waals surface area contributed by atoms with Crippen molar-refractivity contribution in [3.63, 3.8) is 0 Å². The monoisotopic (exact) mass is 452 g/mol. The average Bonchev–Trinajstić information content (AvgIpc) is 2.79. The lowest BCUT2D eigenvalue weighted by atomic mass is 10.1. The van der Waals surface area contributed by atoms with Crippen molar-refractivity contribution in [2.24, 2.45) is 0 Å². The quantitative estimate of drug-likeness (QED) is 0.378. The molecule has 0 bridgehead atoms. The van der Waals surface area contributed by atoms with E-state index in [0.717, 1.165) is 23.4 Å². The number of Topliss-reactive ketones (excluding diaryl/α,β-unsaturated/α-hetero) is 1. The smallest absolute Gasteiger partial charge is 0.270 e. The van der Waals surface area contributed by atoms with Crippen molar-refractivity contribution in [2.45, 2.75) is 25.4 Å². The first-order valence-corrected chi connectivity index (χ1v) is 12.6. The molecule has 31 heavy (non-hydrogen) atoms. The van der Waals surface area contributed by atoms with Crippen LogP contribution in [0, 0.1) is 0 Å². The number of nitrogens with zero attached hydrogens (tertiary/aromatic N) is 2. The maximum atomic E-state index is 15.3. The molecule has 1 unspecified atom stereocenters. The van der Waals surface area contributed by atoms with Crippen molar-refractivity contribution in [3.05, 3.63) is 95.5 Å². The first kappa shape index (κ1) is 21.7. The molecule has 1 heterocycles. The molecule has 1 atom stereocenters. The molecule has 1 aliphatic heterocycles. The molecule has 4 rings (SSSR count). The number of carbonyl (C=O) groups is 1. The Labute approximate surface area is 188 Å². The summed E-state index contributed by atoms with van der Waals surface area (Å²) in [5, 5.41) is 0.618. The predicted octanol–water partition coefficient (Wildman–Crippen LogP) is 6.97. The highest BCUT2D eigenvalue weighted by atomic mass is 35.5. The van der Waals surface area contributed by atoms with Crippen LogP contribution in [0.2, 0.25) is 5.02 Å². The summed E-state index contributed by atoms with van der Waals surface area (Å²) in [6.07, 6.45) is 1.08. The van der Waals surface area contributed by atoms with Gasteiger partial charge in [0, 0.05) is 35.9 Å². The minimum absolute atomic E-state index is 0.0155. The highest BCUT2D eigenvalue weighted by Crippen LogP contribution is 2.69. The van der Waals surface area contributed by atoms with Crippen LogP contribution in [0.15, 0.2) is 84.9 Å². The highest BCUT2D eigenvalue weighted by Gasteiger charge is 2.48. The van der Waals surface area contributed by atoms with Crippen molar-refractivity contribution in [1.29, 1.82) is 0 Å². The van der Waals surface area contributed by atoms with E-state index in [1.165, 1.54) is 0 Å². The number of ketones is 1. The molecule has 1 fully saturated rings. The summed E-state index contributed by atoms with van der Waals surface area (Å²) in [4.78, 5) is 12.4. The zero-order valence-corrected chi connectivity index (χ0v) is 19.2. The molecular formula is C25H26ClN2O2P. The fourth-order valence-electron chi connectivity index (χ4n) is 4.30. The number of hydrogen-bond acceptors (Lipinski definition) is 2. The number of benzene rings is 3. The van der Waals surface area contributed by atoms with Crippen molar-refractivity contribution in [1.82, 2.24) is 0 Å². The van der Waals surface area contributed by atoms with Crippen LogP contribution in [-0.2, 0) is 9.36 Å². The Morgan fingerprint density at radius 1 is 0.871 bits per heavy atom. The number of carbonyl (C=O) groups excluding carboxylic acids is 1. The lowest BCUT2D eigenvalue weighted by Crippen LogP contribution is -2.42. The Bertz CT molecular complexity index is 1020. The molecule has 3 aromatic carbocycles. The normalized spacial score (nSPS) is 16.7. The molecule has 0 aliphatic carbocycles. The molecule has 160 valence electrons. The summed E-state index contributed by atoms with van der Waals surface area (Å²) in [6, 6.07) is 27.1. The number of halogens is 1. The van der Waals surface area contributed by atoms with Crippen LogP contribution < -0.4 is 9.34 Å². The summed E-state index contributed by atoms with van der Waals surface area (Å²) in [6.45, 7) is 2.91. The summed E-state index contributed by atoms with van der Waals surface area (Å²) >= 11 is 6.13. The third-order valence-corrected chi connectivity index (χ3v) is 9.47. The molecule has 3 aromatic rings. The molecule has 4 nitrogen and oxygen atoms in total. The second-order valence-electron chi connectivity index (χ2n) is 7.83. The van der Waals surface area contributed by atoms with E-state index in [1.807, 2.05) is 82.1 Å². The lowest BCUT2D eigenvalue weighted by molar-refractivity contribution is -0.117. The first-order chi connectivity index (χ1) is 15.0. The van der Waals surface area contributed by atoms with E-state index in [4.69, 9.17) is 11.6 Å². The highest BCUT2D eigenvalue weighted by molar-refractivity contribution is 7.67. The Hall–Kier alpha value is -2.55. The molecule has 0 aromatic heterocycles. The van der Waals surface area contributed by atoms with Crippen LogP contribution >= 0.6 is 19.0 Å². The largest absolute Gasteiger partial charge is 0.306 e. The van der Waals surface area contributed by atoms with Gasteiger partial charge in [0.2, 0.25) is 0 Å². The van der Waals surface area contributed by atoms with Crippen LogP contribution in [0.25, 0.3) is 0 Å². The predicted molar refractivity (Wildman–Crippen MR) is 129 cm³/mol. The van der Waals surface area contributed by atoms with Crippen LogP contribution in [0.5, 0.6) is 0 Å². The van der Waals surface area contributed by atoms with Crippen LogP contribution in [0.4, 0.5) is 11.4 Å². The van der Waals surface area contributed by atoms with E-state index in [2.05, 4.69) is 0 Å². The zero-order chi connectivity index (χ0) is 21.8. The average molecular weight is 453 g/mol. The lowest BCUT2D eigenvalue weighted by Gasteiger charge is -2.49.